The number of carbonyl (C=O) groups excluding carboxylic acids is 3. The molecular formula is C19H35N3O9. The van der Waals surface area contributed by atoms with Crippen molar-refractivity contribution in [1.29, 1.82) is 0 Å². The number of ether oxygens (including phenoxy) is 1. The van der Waals surface area contributed by atoms with Gasteiger partial charge in [-0.1, -0.05) is 18.4 Å². The number of unbranched alkanes of at least 4 members (excludes halogenated alkanes) is 3. The van der Waals surface area contributed by atoms with E-state index < -0.39 is 18.2 Å². The first-order valence-corrected chi connectivity index (χ1v) is 9.39. The molecule has 0 aromatic rings. The lowest BCUT2D eigenvalue weighted by molar-refractivity contribution is -0.131. The fraction of sp³-hybridized carbons (Fsp3) is 0.684. The van der Waals surface area contributed by atoms with Gasteiger partial charge >= 0.3 is 12.1 Å². The summed E-state index contributed by atoms with van der Waals surface area (Å²) in [5.74, 6) is -0.875. The normalized spacial score (nSPS) is 8.35. The summed E-state index contributed by atoms with van der Waals surface area (Å²) < 4.78 is 4.18. The highest BCUT2D eigenvalue weighted by Crippen LogP contribution is 1.99. The molecule has 0 atom stereocenters. The Morgan fingerprint density at radius 2 is 1.42 bits per heavy atom. The molecule has 0 aromatic carbocycles. The molecule has 31 heavy (non-hydrogen) atoms. The van der Waals surface area contributed by atoms with E-state index in [1.54, 1.807) is 20.8 Å². The molecule has 0 aliphatic carbocycles. The minimum Gasteiger partial charge on any atom is -0.478 e. The summed E-state index contributed by atoms with van der Waals surface area (Å²) in [6, 6.07) is 0. The van der Waals surface area contributed by atoms with E-state index in [0.717, 1.165) is 31.3 Å². The minimum absolute atomic E-state index is 0.356. The fourth-order valence-corrected chi connectivity index (χ4v) is 1.27. The lowest BCUT2D eigenvalue weighted by atomic mass is 10.2. The zero-order valence-electron chi connectivity index (χ0n) is 18.3. The average Bonchev–Trinajstić information content (AvgIpc) is 2.69. The molecule has 0 saturated carbocycles. The zero-order valence-corrected chi connectivity index (χ0v) is 18.3. The number of hydrogen-bond donors (Lipinski definition) is 5. The maximum Gasteiger partial charge on any atom is 0.404 e. The number of amides is 1. The molecule has 0 fully saturated rings. The monoisotopic (exact) mass is 449 g/mol. The van der Waals surface area contributed by atoms with Crippen LogP contribution in [0.3, 0.4) is 0 Å². The first-order chi connectivity index (χ1) is 14.6. The molecule has 180 valence electrons. The van der Waals surface area contributed by atoms with Crippen LogP contribution in [0.4, 0.5) is 4.79 Å². The average molecular weight is 450 g/mol. The summed E-state index contributed by atoms with van der Waals surface area (Å²) in [5, 5.41) is 32.0. The molecule has 0 aliphatic rings. The number of nitrogens with zero attached hydrogens (tertiary/aromatic N) is 2. The number of aliphatic carboxylic acids is 1. The molecule has 0 unspecified atom stereocenters. The Balaban J connectivity index is -0.000000166. The van der Waals surface area contributed by atoms with Gasteiger partial charge in [0.05, 0.1) is 32.9 Å². The van der Waals surface area contributed by atoms with Crippen LogP contribution in [0.15, 0.2) is 21.6 Å². The molecule has 0 heterocycles. The number of aliphatic hydroxyl groups is 3. The van der Waals surface area contributed by atoms with Gasteiger partial charge in [0.1, 0.15) is 6.10 Å². The number of rotatable bonds is 11. The van der Waals surface area contributed by atoms with Crippen LogP contribution < -0.4 is 5.73 Å². The Labute approximate surface area is 182 Å². The number of allylic oxidation sites excluding steroid dienone is 1. The first-order valence-electron chi connectivity index (χ1n) is 9.39. The minimum atomic E-state index is -0.954. The van der Waals surface area contributed by atoms with Crippen LogP contribution in [0, 0.1) is 0 Å². The number of primary amides is 1. The van der Waals surface area contributed by atoms with E-state index in [0.29, 0.717) is 19.7 Å². The second kappa shape index (κ2) is 31.8. The maximum absolute atomic E-state index is 9.73. The van der Waals surface area contributed by atoms with Crippen molar-refractivity contribution in [1.82, 2.24) is 0 Å². The number of isocyanates is 2. The number of carboxylic acid groups (broad SMARTS) is 1. The first kappa shape index (κ1) is 35.6. The van der Waals surface area contributed by atoms with Crippen LogP contribution >= 0.6 is 0 Å². The third kappa shape index (κ3) is 58.4. The Kier molecular flexibility index (Phi) is 36.5. The molecule has 0 bridgehead atoms. The summed E-state index contributed by atoms with van der Waals surface area (Å²) in [4.78, 5) is 45.4. The van der Waals surface area contributed by atoms with Crippen LogP contribution in [0.5, 0.6) is 0 Å². The highest BCUT2D eigenvalue weighted by molar-refractivity contribution is 5.80. The number of aliphatic imine (C=N–C) groups is 2. The molecule has 6 N–H and O–H groups in total. The number of hydrogen-bond acceptors (Lipinski definition) is 10. The highest BCUT2D eigenvalue weighted by atomic mass is 16.5. The quantitative estimate of drug-likeness (QED) is 0.130. The highest BCUT2D eigenvalue weighted by Gasteiger charge is 1.93. The number of nitrogens with two attached hydrogens (primary N) is 1. The smallest absolute Gasteiger partial charge is 0.404 e. The van der Waals surface area contributed by atoms with Gasteiger partial charge in [0.2, 0.25) is 12.2 Å². The van der Waals surface area contributed by atoms with Crippen LogP contribution in [0.2, 0.25) is 0 Å². The van der Waals surface area contributed by atoms with Crippen molar-refractivity contribution in [2.24, 2.45) is 15.7 Å². The summed E-state index contributed by atoms with van der Waals surface area (Å²) >= 11 is 0. The van der Waals surface area contributed by atoms with Crippen molar-refractivity contribution < 1.29 is 44.3 Å². The molecule has 12 heteroatoms. The Hall–Kier alpha value is -2.88. The number of aliphatic hydroxyl groups excluding tert-OH is 3. The van der Waals surface area contributed by atoms with Crippen molar-refractivity contribution in [2.75, 3.05) is 32.9 Å². The molecule has 0 radical (unpaired) electrons. The van der Waals surface area contributed by atoms with Crippen LogP contribution in [0.1, 0.15) is 46.5 Å². The van der Waals surface area contributed by atoms with Gasteiger partial charge in [0, 0.05) is 6.08 Å². The predicted molar refractivity (Wildman–Crippen MR) is 113 cm³/mol. The lowest BCUT2D eigenvalue weighted by Gasteiger charge is -1.96. The van der Waals surface area contributed by atoms with Gasteiger partial charge in [-0.25, -0.2) is 29.2 Å². The van der Waals surface area contributed by atoms with E-state index >= 15 is 0 Å². The molecule has 0 aliphatic heterocycles. The fourth-order valence-electron chi connectivity index (χ4n) is 1.27. The van der Waals surface area contributed by atoms with Gasteiger partial charge in [-0.15, -0.1) is 0 Å². The summed E-state index contributed by atoms with van der Waals surface area (Å²) in [7, 11) is 0. The third-order valence-electron chi connectivity index (χ3n) is 2.54. The molecule has 0 saturated heterocycles. The summed E-state index contributed by atoms with van der Waals surface area (Å²) in [5.41, 5.74) is 5.35. The van der Waals surface area contributed by atoms with E-state index in [1.165, 1.54) is 18.2 Å². The second-order valence-corrected chi connectivity index (χ2v) is 5.69. The topological polar surface area (TPSA) is 209 Å². The Bertz CT molecular complexity index is 526. The molecule has 0 aromatic heterocycles. The Morgan fingerprint density at radius 1 is 1.00 bits per heavy atom. The van der Waals surface area contributed by atoms with E-state index in [9.17, 15) is 19.2 Å². The van der Waals surface area contributed by atoms with Crippen LogP contribution in [0.25, 0.3) is 0 Å². The van der Waals surface area contributed by atoms with Gasteiger partial charge < -0.3 is 30.9 Å². The van der Waals surface area contributed by atoms with Crippen molar-refractivity contribution in [3.8, 4) is 0 Å². The van der Waals surface area contributed by atoms with Gasteiger partial charge in [0.15, 0.2) is 0 Å². The van der Waals surface area contributed by atoms with E-state index in [2.05, 4.69) is 20.5 Å². The molecular weight excluding hydrogens is 414 g/mol. The van der Waals surface area contributed by atoms with Crippen LogP contribution in [-0.4, -0.2) is 83.7 Å². The van der Waals surface area contributed by atoms with E-state index in [4.69, 9.17) is 20.4 Å². The Morgan fingerprint density at radius 3 is 1.55 bits per heavy atom. The largest absolute Gasteiger partial charge is 0.478 e. The predicted octanol–water partition coefficient (Wildman–Crippen LogP) is 0.689. The molecule has 0 rings (SSSR count). The van der Waals surface area contributed by atoms with Crippen molar-refractivity contribution in [2.45, 2.75) is 52.6 Å². The summed E-state index contributed by atoms with van der Waals surface area (Å²) in [6.45, 7) is 5.93. The molecule has 12 nitrogen and oxygen atoms in total. The zero-order chi connectivity index (χ0) is 24.9. The maximum atomic E-state index is 9.73. The third-order valence-corrected chi connectivity index (χ3v) is 2.54. The standard InChI is InChI=1S/C8H12N2O2.C5H8O2.C3H7NO2.C3H8O3/c11-7-9-5-3-1-2-4-6-10-8-12;1-4(2)3-5(6)7;1-2-6-3(4)5;4-1-3(6)2-5/h1-6H2;3H,1-2H3,(H,6,7);2H2,1H3,(H2,4,5);3-6H,1-2H2. The van der Waals surface area contributed by atoms with Gasteiger partial charge in [-0.05, 0) is 33.6 Å². The van der Waals surface area contributed by atoms with Crippen molar-refractivity contribution >= 4 is 24.2 Å². The van der Waals surface area contributed by atoms with Gasteiger partial charge in [-0.2, -0.15) is 0 Å². The molecule has 0 spiro atoms. The number of carboxylic acids is 1. The SMILES string of the molecule is CC(C)=CC(=O)O.CCOC(N)=O.O=C=NCCCCCCN=C=O.OCC(O)CO. The lowest BCUT2D eigenvalue weighted by Crippen LogP contribution is -2.15. The van der Waals surface area contributed by atoms with Crippen molar-refractivity contribution in [3.63, 3.8) is 0 Å². The van der Waals surface area contributed by atoms with E-state index in [1.807, 2.05) is 0 Å². The van der Waals surface area contributed by atoms with Crippen LogP contribution in [-0.2, 0) is 19.1 Å². The molecule has 1 amide bonds. The second-order valence-electron chi connectivity index (χ2n) is 5.69. The van der Waals surface area contributed by atoms with Crippen molar-refractivity contribution in [3.05, 3.63) is 11.6 Å². The van der Waals surface area contributed by atoms with Gasteiger partial charge in [0.25, 0.3) is 0 Å². The van der Waals surface area contributed by atoms with E-state index in [-0.39, 0.29) is 13.2 Å². The number of carbonyl (C=O) groups is 2. The summed E-state index contributed by atoms with van der Waals surface area (Å²) in [6.07, 6.45) is 6.30. The van der Waals surface area contributed by atoms with Gasteiger partial charge in [-0.3, -0.25) is 0 Å².